The summed E-state index contributed by atoms with van der Waals surface area (Å²) in [5.74, 6) is 0. The highest BCUT2D eigenvalue weighted by Gasteiger charge is 2.08. The van der Waals surface area contributed by atoms with Gasteiger partial charge >= 0.3 is 0 Å². The maximum Gasteiger partial charge on any atom is 0.0692 e. The first kappa shape index (κ1) is 14.4. The zero-order chi connectivity index (χ0) is 16.4. The van der Waals surface area contributed by atoms with Crippen molar-refractivity contribution >= 4 is 22.6 Å². The first-order valence-corrected chi connectivity index (χ1v) is 8.05. The fourth-order valence-corrected chi connectivity index (χ4v) is 2.94. The van der Waals surface area contributed by atoms with E-state index in [1.54, 1.807) is 0 Å². The lowest BCUT2D eigenvalue weighted by Gasteiger charge is -2.11. The minimum atomic E-state index is 0.909. The Hall–Kier alpha value is -3.21. The van der Waals surface area contributed by atoms with E-state index < -0.39 is 0 Å². The monoisotopic (exact) mass is 317 g/mol. The fraction of sp³-hybridized carbons (Fsp3) is 0.105. The van der Waals surface area contributed by atoms with Gasteiger partial charge < -0.3 is 15.0 Å². The molecule has 5 nitrogen and oxygen atoms in total. The summed E-state index contributed by atoms with van der Waals surface area (Å²) >= 11 is 0. The lowest BCUT2D eigenvalue weighted by atomic mass is 10.2. The molecule has 4 rings (SSSR count). The minimum absolute atomic E-state index is 0.909. The lowest BCUT2D eigenvalue weighted by Crippen LogP contribution is -1.98. The second-order valence-corrected chi connectivity index (χ2v) is 5.62. The number of hydrogen-bond donors (Lipinski definition) is 3. The molecule has 0 spiro atoms. The zero-order valence-corrected chi connectivity index (χ0v) is 13.5. The second kappa shape index (κ2) is 6.12. The number of hydrogen-bond acceptors (Lipinski definition) is 3. The average molecular weight is 317 g/mol. The molecule has 4 aromatic rings. The molecule has 120 valence electrons. The molecular weight excluding hydrogens is 298 g/mol. The lowest BCUT2D eigenvalue weighted by molar-refractivity contribution is 1.09. The summed E-state index contributed by atoms with van der Waals surface area (Å²) in [5.41, 5.74) is 6.56. The third-order valence-electron chi connectivity index (χ3n) is 4.01. The Bertz CT molecular complexity index is 953. The van der Waals surface area contributed by atoms with Crippen molar-refractivity contribution in [3.05, 3.63) is 67.1 Å². The Kier molecular flexibility index (Phi) is 3.67. The second-order valence-electron chi connectivity index (χ2n) is 5.62. The number of nitrogens with zero attached hydrogens (tertiary/aromatic N) is 2. The number of nitrogens with one attached hydrogen (secondary N) is 3. The van der Waals surface area contributed by atoms with Crippen molar-refractivity contribution in [2.45, 2.75) is 6.92 Å². The molecule has 1 aromatic carbocycles. The molecule has 0 unspecified atom stereocenters. The van der Waals surface area contributed by atoms with E-state index in [2.05, 4.69) is 80.8 Å². The molecule has 0 aliphatic carbocycles. The van der Waals surface area contributed by atoms with Crippen LogP contribution in [0.25, 0.3) is 16.8 Å². The highest BCUT2D eigenvalue weighted by molar-refractivity contribution is 5.81. The van der Waals surface area contributed by atoms with Gasteiger partial charge in [-0.05, 0) is 49.4 Å². The van der Waals surface area contributed by atoms with Crippen LogP contribution in [0.2, 0.25) is 0 Å². The average Bonchev–Trinajstić information content (AvgIpc) is 3.25. The zero-order valence-electron chi connectivity index (χ0n) is 13.5. The summed E-state index contributed by atoms with van der Waals surface area (Å²) in [4.78, 5) is 0. The highest BCUT2D eigenvalue weighted by atomic mass is 15.1. The SMILES string of the molecule is CCNc1cccc(Nc2cccn3c(-c4cn[nH]c4)ccc23)c1. The number of pyridine rings is 1. The van der Waals surface area contributed by atoms with Crippen LogP contribution < -0.4 is 10.6 Å². The molecule has 3 heterocycles. The molecule has 3 aromatic heterocycles. The van der Waals surface area contributed by atoms with Crippen LogP contribution in [-0.2, 0) is 0 Å². The van der Waals surface area contributed by atoms with E-state index in [1.807, 2.05) is 18.5 Å². The summed E-state index contributed by atoms with van der Waals surface area (Å²) in [5, 5.41) is 13.8. The molecule has 0 radical (unpaired) electrons. The Balaban J connectivity index is 1.71. The van der Waals surface area contributed by atoms with E-state index in [4.69, 9.17) is 0 Å². The predicted octanol–water partition coefficient (Wildman–Crippen LogP) is 4.50. The number of H-pyrrole nitrogens is 1. The van der Waals surface area contributed by atoms with Crippen LogP contribution in [0, 0.1) is 0 Å². The van der Waals surface area contributed by atoms with Gasteiger partial charge in [-0.25, -0.2) is 0 Å². The molecule has 0 saturated carbocycles. The predicted molar refractivity (Wildman–Crippen MR) is 98.9 cm³/mol. The molecule has 0 amide bonds. The quantitative estimate of drug-likeness (QED) is 0.508. The molecule has 0 bridgehead atoms. The smallest absolute Gasteiger partial charge is 0.0692 e. The molecule has 0 aliphatic rings. The Morgan fingerprint density at radius 2 is 2.00 bits per heavy atom. The molecule has 24 heavy (non-hydrogen) atoms. The molecule has 0 saturated heterocycles. The van der Waals surface area contributed by atoms with E-state index >= 15 is 0 Å². The largest absolute Gasteiger partial charge is 0.385 e. The van der Waals surface area contributed by atoms with Crippen molar-refractivity contribution in [1.29, 1.82) is 0 Å². The van der Waals surface area contributed by atoms with Crippen LogP contribution in [0.3, 0.4) is 0 Å². The molecule has 5 heteroatoms. The summed E-state index contributed by atoms with van der Waals surface area (Å²) < 4.78 is 2.17. The van der Waals surface area contributed by atoms with Crippen LogP contribution in [0.15, 0.2) is 67.1 Å². The fourth-order valence-electron chi connectivity index (χ4n) is 2.94. The van der Waals surface area contributed by atoms with Crippen molar-refractivity contribution in [2.75, 3.05) is 17.2 Å². The van der Waals surface area contributed by atoms with Crippen LogP contribution in [-0.4, -0.2) is 21.1 Å². The number of aromatic nitrogens is 3. The Morgan fingerprint density at radius 1 is 1.08 bits per heavy atom. The van der Waals surface area contributed by atoms with E-state index in [1.165, 1.54) is 0 Å². The summed E-state index contributed by atoms with van der Waals surface area (Å²) in [7, 11) is 0. The van der Waals surface area contributed by atoms with Crippen LogP contribution in [0.1, 0.15) is 6.92 Å². The van der Waals surface area contributed by atoms with Crippen molar-refractivity contribution in [3.8, 4) is 11.3 Å². The minimum Gasteiger partial charge on any atom is -0.385 e. The molecular formula is C19H19N5. The highest BCUT2D eigenvalue weighted by Crippen LogP contribution is 2.28. The van der Waals surface area contributed by atoms with Gasteiger partial charge in [0.25, 0.3) is 0 Å². The van der Waals surface area contributed by atoms with Gasteiger partial charge in [-0.15, -0.1) is 0 Å². The van der Waals surface area contributed by atoms with Gasteiger partial charge in [0.15, 0.2) is 0 Å². The van der Waals surface area contributed by atoms with Crippen LogP contribution in [0.4, 0.5) is 17.1 Å². The van der Waals surface area contributed by atoms with E-state index in [0.29, 0.717) is 0 Å². The van der Waals surface area contributed by atoms with E-state index in [-0.39, 0.29) is 0 Å². The number of rotatable bonds is 5. The Morgan fingerprint density at radius 3 is 2.83 bits per heavy atom. The number of benzene rings is 1. The van der Waals surface area contributed by atoms with Crippen molar-refractivity contribution in [2.24, 2.45) is 0 Å². The van der Waals surface area contributed by atoms with Gasteiger partial charge in [-0.3, -0.25) is 5.10 Å². The third-order valence-corrected chi connectivity index (χ3v) is 4.01. The maximum absolute atomic E-state index is 4.04. The van der Waals surface area contributed by atoms with Crippen LogP contribution >= 0.6 is 0 Å². The number of anilines is 3. The first-order chi connectivity index (χ1) is 11.8. The van der Waals surface area contributed by atoms with Crippen molar-refractivity contribution in [1.82, 2.24) is 14.6 Å². The van der Waals surface area contributed by atoms with Crippen molar-refractivity contribution in [3.63, 3.8) is 0 Å². The topological polar surface area (TPSA) is 57.1 Å². The molecule has 0 fully saturated rings. The van der Waals surface area contributed by atoms with E-state index in [9.17, 15) is 0 Å². The molecule has 3 N–H and O–H groups in total. The van der Waals surface area contributed by atoms with E-state index in [0.717, 1.165) is 40.4 Å². The standard InChI is InChI=1S/C19H19N5/c1-2-20-15-5-3-6-16(11-15)23-17-7-4-10-24-18(8-9-19(17)24)14-12-21-22-13-14/h3-13,20,23H,2H2,1H3,(H,21,22). The summed E-state index contributed by atoms with van der Waals surface area (Å²) in [6.07, 6.45) is 5.81. The first-order valence-electron chi connectivity index (χ1n) is 8.05. The normalized spacial score (nSPS) is 10.9. The number of aromatic amines is 1. The van der Waals surface area contributed by atoms with Gasteiger partial charge in [-0.2, -0.15) is 5.10 Å². The van der Waals surface area contributed by atoms with Crippen LogP contribution in [0.5, 0.6) is 0 Å². The number of fused-ring (bicyclic) bond motifs is 1. The van der Waals surface area contributed by atoms with Gasteiger partial charge in [0.1, 0.15) is 0 Å². The molecule has 0 aliphatic heterocycles. The van der Waals surface area contributed by atoms with Gasteiger partial charge in [0.05, 0.1) is 23.1 Å². The van der Waals surface area contributed by atoms with Gasteiger partial charge in [0, 0.05) is 35.9 Å². The van der Waals surface area contributed by atoms with Crippen molar-refractivity contribution < 1.29 is 0 Å². The van der Waals surface area contributed by atoms with Gasteiger partial charge in [0.2, 0.25) is 0 Å². The molecule has 0 atom stereocenters. The maximum atomic E-state index is 4.04. The third kappa shape index (κ3) is 2.60. The Labute approximate surface area is 140 Å². The van der Waals surface area contributed by atoms with Gasteiger partial charge in [-0.1, -0.05) is 6.07 Å². The summed E-state index contributed by atoms with van der Waals surface area (Å²) in [6, 6.07) is 16.7. The summed E-state index contributed by atoms with van der Waals surface area (Å²) in [6.45, 7) is 3.00.